The summed E-state index contributed by atoms with van der Waals surface area (Å²) >= 11 is 0. The maximum absolute atomic E-state index is 14.1. The molecule has 12 heteroatoms. The van der Waals surface area contributed by atoms with E-state index in [9.17, 15) is 22.4 Å². The minimum absolute atomic E-state index is 0.107. The lowest BCUT2D eigenvalue weighted by Crippen LogP contribution is -2.40. The second-order valence-corrected chi connectivity index (χ2v) is 11.8. The number of sulfone groups is 1. The molecule has 1 aliphatic carbocycles. The molecular weight excluding hydrogens is 523 g/mol. The summed E-state index contributed by atoms with van der Waals surface area (Å²) in [5, 5.41) is 6.57. The van der Waals surface area contributed by atoms with Crippen LogP contribution in [0.1, 0.15) is 39.3 Å². The van der Waals surface area contributed by atoms with Crippen molar-refractivity contribution in [3.05, 3.63) is 99.6 Å². The lowest BCUT2D eigenvalue weighted by molar-refractivity contribution is -0.115. The number of benzene rings is 1. The molecule has 0 saturated carbocycles. The molecule has 1 unspecified atom stereocenters. The molecular formula is C27H29FN6O4S. The first-order chi connectivity index (χ1) is 18.6. The Balaban J connectivity index is 1.37. The van der Waals surface area contributed by atoms with Gasteiger partial charge in [-0.15, -0.1) is 5.53 Å². The molecule has 1 saturated heterocycles. The molecule has 1 aromatic carbocycles. The van der Waals surface area contributed by atoms with E-state index >= 15 is 0 Å². The van der Waals surface area contributed by atoms with Crippen molar-refractivity contribution < 1.29 is 22.4 Å². The number of fused-ring (bicyclic) bond motifs is 1. The zero-order valence-corrected chi connectivity index (χ0v) is 22.3. The summed E-state index contributed by atoms with van der Waals surface area (Å²) < 4.78 is 40.4. The average Bonchev–Trinajstić information content (AvgIpc) is 3.59. The number of amides is 2. The van der Waals surface area contributed by atoms with Crippen LogP contribution in [-0.4, -0.2) is 48.6 Å². The number of hydrazine groups is 2. The first kappa shape index (κ1) is 26.4. The molecule has 3 heterocycles. The van der Waals surface area contributed by atoms with Gasteiger partial charge in [-0.3, -0.25) is 14.6 Å². The molecule has 2 aromatic rings. The van der Waals surface area contributed by atoms with Gasteiger partial charge in [0, 0.05) is 47.2 Å². The van der Waals surface area contributed by atoms with Crippen LogP contribution < -0.4 is 21.6 Å². The zero-order valence-electron chi connectivity index (χ0n) is 21.5. The fourth-order valence-corrected chi connectivity index (χ4v) is 6.50. The molecule has 1 aromatic heterocycles. The van der Waals surface area contributed by atoms with Crippen LogP contribution in [0.25, 0.3) is 6.08 Å². The van der Waals surface area contributed by atoms with Crippen LogP contribution in [0.5, 0.6) is 0 Å². The second-order valence-electron chi connectivity index (χ2n) is 9.57. The third-order valence-electron chi connectivity index (χ3n) is 6.93. The lowest BCUT2D eigenvalue weighted by atomic mass is 9.98. The molecule has 0 bridgehead atoms. The smallest absolute Gasteiger partial charge is 0.256 e. The largest absolute Gasteiger partial charge is 0.358 e. The summed E-state index contributed by atoms with van der Waals surface area (Å²) in [5.74, 6) is -1.61. The van der Waals surface area contributed by atoms with E-state index in [0.717, 1.165) is 0 Å². The van der Waals surface area contributed by atoms with Gasteiger partial charge >= 0.3 is 0 Å². The normalized spacial score (nSPS) is 19.5. The van der Waals surface area contributed by atoms with Crippen LogP contribution in [0.4, 0.5) is 4.39 Å². The first-order valence-electron chi connectivity index (χ1n) is 12.5. The van der Waals surface area contributed by atoms with Crippen molar-refractivity contribution in [3.63, 3.8) is 0 Å². The Morgan fingerprint density at radius 1 is 1.26 bits per heavy atom. The number of carbonyl (C=O) groups is 2. The monoisotopic (exact) mass is 552 g/mol. The molecule has 0 spiro atoms. The number of hydrogen-bond donors (Lipinski definition) is 5. The number of rotatable bonds is 8. The molecule has 2 aliphatic heterocycles. The molecule has 1 atom stereocenters. The Kier molecular flexibility index (Phi) is 7.15. The topological polar surface area (TPSA) is 135 Å². The predicted octanol–water partition coefficient (Wildman–Crippen LogP) is 2.01. The van der Waals surface area contributed by atoms with E-state index in [4.69, 9.17) is 0 Å². The number of hydrogen-bond acceptors (Lipinski definition) is 7. The fourth-order valence-electron chi connectivity index (χ4n) is 4.88. The van der Waals surface area contributed by atoms with Gasteiger partial charge in [0.25, 0.3) is 11.8 Å². The predicted molar refractivity (Wildman–Crippen MR) is 144 cm³/mol. The van der Waals surface area contributed by atoms with E-state index in [0.29, 0.717) is 52.4 Å². The van der Waals surface area contributed by atoms with Crippen LogP contribution in [0.3, 0.4) is 0 Å². The van der Waals surface area contributed by atoms with Crippen molar-refractivity contribution >= 4 is 27.7 Å². The second kappa shape index (κ2) is 10.5. The van der Waals surface area contributed by atoms with Gasteiger partial charge in [0.2, 0.25) is 0 Å². The maximum atomic E-state index is 14.1. The molecule has 39 heavy (non-hydrogen) atoms. The molecule has 2 amide bonds. The van der Waals surface area contributed by atoms with Crippen molar-refractivity contribution in [1.82, 2.24) is 31.6 Å². The van der Waals surface area contributed by atoms with Crippen LogP contribution in [-0.2, 0) is 20.4 Å². The third kappa shape index (κ3) is 5.38. The van der Waals surface area contributed by atoms with Crippen molar-refractivity contribution in [2.45, 2.75) is 31.3 Å². The number of nitrogens with zero attached hydrogens (tertiary/aromatic N) is 1. The molecule has 10 nitrogen and oxygen atoms in total. The molecule has 204 valence electrons. The molecule has 1 fully saturated rings. The Bertz CT molecular complexity index is 1570. The molecule has 0 radical (unpaired) electrons. The summed E-state index contributed by atoms with van der Waals surface area (Å²) in [6.45, 7) is 4.54. The van der Waals surface area contributed by atoms with Gasteiger partial charge in [-0.25, -0.2) is 12.8 Å². The summed E-state index contributed by atoms with van der Waals surface area (Å²) in [4.78, 5) is 29.0. The van der Waals surface area contributed by atoms with Gasteiger partial charge in [-0.1, -0.05) is 30.4 Å². The number of allylic oxidation sites excluding steroid dienone is 2. The minimum atomic E-state index is -3.75. The Hall–Kier alpha value is -4.16. The maximum Gasteiger partial charge on any atom is 0.256 e. The number of aromatic nitrogens is 1. The van der Waals surface area contributed by atoms with E-state index < -0.39 is 26.7 Å². The summed E-state index contributed by atoms with van der Waals surface area (Å²) in [6.07, 6.45) is 8.61. The van der Waals surface area contributed by atoms with Gasteiger partial charge in [0.1, 0.15) is 5.82 Å². The number of aryl methyl sites for hydroxylation is 1. The van der Waals surface area contributed by atoms with Gasteiger partial charge in [-0.2, -0.15) is 0 Å². The fraction of sp³-hybridized carbons (Fsp3) is 0.259. The minimum Gasteiger partial charge on any atom is -0.358 e. The van der Waals surface area contributed by atoms with E-state index in [2.05, 4.69) is 26.6 Å². The van der Waals surface area contributed by atoms with Crippen LogP contribution in [0, 0.1) is 19.7 Å². The van der Waals surface area contributed by atoms with E-state index in [1.54, 1.807) is 49.4 Å². The summed E-state index contributed by atoms with van der Waals surface area (Å²) in [6, 6.07) is 5.80. The summed E-state index contributed by atoms with van der Waals surface area (Å²) in [7, 11) is -3.75. The van der Waals surface area contributed by atoms with Gasteiger partial charge in [0.05, 0.1) is 28.7 Å². The highest BCUT2D eigenvalue weighted by molar-refractivity contribution is 7.91. The Morgan fingerprint density at radius 3 is 2.79 bits per heavy atom. The number of nitrogens with one attached hydrogen (secondary N) is 5. The van der Waals surface area contributed by atoms with E-state index in [1.807, 2.05) is 6.20 Å². The highest BCUT2D eigenvalue weighted by Gasteiger charge is 2.35. The van der Waals surface area contributed by atoms with Gasteiger partial charge in [0.15, 0.2) is 9.84 Å². The highest BCUT2D eigenvalue weighted by Crippen LogP contribution is 2.34. The van der Waals surface area contributed by atoms with Crippen molar-refractivity contribution in [1.29, 1.82) is 0 Å². The Labute approximate surface area is 225 Å². The SMILES string of the molecule is Cc1[nH]c(C=C2C(=O)NC3=CCC(S(=O)(=O)Cc4ccccc4F)C=C32)c(C)c1C(=O)NCCN1C=CNN1. The molecule has 5 rings (SSSR count). The first-order valence-corrected chi connectivity index (χ1v) is 14.2. The third-order valence-corrected chi connectivity index (χ3v) is 8.90. The van der Waals surface area contributed by atoms with Gasteiger partial charge < -0.3 is 21.0 Å². The van der Waals surface area contributed by atoms with Crippen molar-refractivity contribution in [2.75, 3.05) is 13.1 Å². The van der Waals surface area contributed by atoms with Crippen LogP contribution >= 0.6 is 0 Å². The van der Waals surface area contributed by atoms with E-state index in [-0.39, 0.29) is 23.8 Å². The average molecular weight is 553 g/mol. The zero-order chi connectivity index (χ0) is 27.7. The van der Waals surface area contributed by atoms with Crippen LogP contribution in [0.15, 0.2) is 65.7 Å². The number of H-pyrrole nitrogens is 1. The number of carbonyl (C=O) groups excluding carboxylic acids is 2. The van der Waals surface area contributed by atoms with Crippen molar-refractivity contribution in [2.24, 2.45) is 0 Å². The Morgan fingerprint density at radius 2 is 2.05 bits per heavy atom. The van der Waals surface area contributed by atoms with Gasteiger partial charge in [-0.05, 0) is 38.0 Å². The van der Waals surface area contributed by atoms with Crippen LogP contribution in [0.2, 0.25) is 0 Å². The molecule has 3 aliphatic rings. The highest BCUT2D eigenvalue weighted by atomic mass is 32.2. The molecule has 5 N–H and O–H groups in total. The number of aromatic amines is 1. The number of halogens is 1. The van der Waals surface area contributed by atoms with Crippen molar-refractivity contribution in [3.8, 4) is 0 Å². The standard InChI is InChI=1S/C27H29FN6O4S/c1-16-24(31-17(2)25(16)27(36)29-9-11-34-12-10-30-33-34)14-21-20-13-19(7-8-23(20)32-26(21)35)39(37,38)15-18-5-3-4-6-22(18)28/h3-6,8,10,12-14,19,30-31,33H,7,9,11,15H2,1-2H3,(H,29,36)(H,32,35). The summed E-state index contributed by atoms with van der Waals surface area (Å²) in [5.41, 5.74) is 9.53. The van der Waals surface area contributed by atoms with E-state index in [1.165, 1.54) is 18.2 Å². The lowest BCUT2D eigenvalue weighted by Gasteiger charge is -2.18. The quantitative estimate of drug-likeness (QED) is 0.316.